The number of amides is 1. The fourth-order valence-electron chi connectivity index (χ4n) is 2.66. The van der Waals surface area contributed by atoms with Crippen LogP contribution in [0.1, 0.15) is 21.5 Å². The van der Waals surface area contributed by atoms with E-state index in [4.69, 9.17) is 38.4 Å². The molecule has 3 N–H and O–H groups in total. The van der Waals surface area contributed by atoms with Crippen molar-refractivity contribution in [2.75, 3.05) is 12.8 Å². The quantitative estimate of drug-likeness (QED) is 0.308. The highest BCUT2D eigenvalue weighted by Gasteiger charge is 2.11. The van der Waals surface area contributed by atoms with Crippen LogP contribution >= 0.6 is 23.2 Å². The second-order valence-corrected chi connectivity index (χ2v) is 7.02. The molecule has 0 aliphatic heterocycles. The molecule has 0 bridgehead atoms. The van der Waals surface area contributed by atoms with Crippen molar-refractivity contribution >= 4 is 41.0 Å². The third kappa shape index (κ3) is 5.23. The molecule has 30 heavy (non-hydrogen) atoms. The lowest BCUT2D eigenvalue weighted by atomic mass is 10.2. The fourth-order valence-corrected chi connectivity index (χ4v) is 2.98. The van der Waals surface area contributed by atoms with E-state index in [2.05, 4.69) is 10.5 Å². The number of nitrogens with one attached hydrogen (secondary N) is 1. The number of carbonyl (C=O) groups is 1. The zero-order valence-electron chi connectivity index (χ0n) is 16.1. The minimum atomic E-state index is -0.412. The smallest absolute Gasteiger partial charge is 0.273 e. The number of para-hydroxylation sites is 2. The summed E-state index contributed by atoms with van der Waals surface area (Å²) >= 11 is 12.0. The highest BCUT2D eigenvalue weighted by molar-refractivity contribution is 6.42. The second kappa shape index (κ2) is 10.0. The second-order valence-electron chi connectivity index (χ2n) is 6.20. The van der Waals surface area contributed by atoms with Crippen LogP contribution < -0.4 is 20.6 Å². The summed E-state index contributed by atoms with van der Waals surface area (Å²) in [5.74, 6) is 0.589. The lowest BCUT2D eigenvalue weighted by molar-refractivity contribution is 0.0956. The standard InChI is InChI=1S/C22H19Cl2N3O3/c1-29-20-8-4-5-15(12-26-27-22(28)16-6-2-3-7-19(16)25)21(20)30-13-14-9-10-17(23)18(24)11-14/h2-12H,13,25H2,1H3,(H,27,28)/b26-12+. The zero-order chi connectivity index (χ0) is 21.5. The number of rotatable bonds is 7. The van der Waals surface area contributed by atoms with Gasteiger partial charge in [-0.25, -0.2) is 5.43 Å². The molecule has 6 nitrogen and oxygen atoms in total. The third-order valence-corrected chi connectivity index (χ3v) is 4.91. The maximum atomic E-state index is 12.2. The number of carbonyl (C=O) groups excluding carboxylic acids is 1. The number of anilines is 1. The first-order valence-corrected chi connectivity index (χ1v) is 9.67. The van der Waals surface area contributed by atoms with Gasteiger partial charge in [0.1, 0.15) is 6.61 Å². The van der Waals surface area contributed by atoms with E-state index in [0.29, 0.717) is 38.4 Å². The van der Waals surface area contributed by atoms with Gasteiger partial charge in [0.2, 0.25) is 0 Å². The topological polar surface area (TPSA) is 85.9 Å². The summed E-state index contributed by atoms with van der Waals surface area (Å²) in [6, 6.07) is 17.4. The number of nitrogens with zero attached hydrogens (tertiary/aromatic N) is 1. The summed E-state index contributed by atoms with van der Waals surface area (Å²) in [5.41, 5.74) is 10.5. The first-order chi connectivity index (χ1) is 14.5. The molecule has 0 heterocycles. The molecule has 0 radical (unpaired) electrons. The van der Waals surface area contributed by atoms with Gasteiger partial charge in [0, 0.05) is 11.3 Å². The maximum Gasteiger partial charge on any atom is 0.273 e. The Labute approximate surface area is 184 Å². The number of nitrogens with two attached hydrogens (primary N) is 1. The summed E-state index contributed by atoms with van der Waals surface area (Å²) in [7, 11) is 1.54. The Kier molecular flexibility index (Phi) is 7.17. The van der Waals surface area contributed by atoms with E-state index >= 15 is 0 Å². The van der Waals surface area contributed by atoms with Crippen LogP contribution in [0.25, 0.3) is 0 Å². The molecular formula is C22H19Cl2N3O3. The Morgan fingerprint density at radius 3 is 2.63 bits per heavy atom. The van der Waals surface area contributed by atoms with Crippen molar-refractivity contribution in [3.63, 3.8) is 0 Å². The van der Waals surface area contributed by atoms with E-state index in [9.17, 15) is 4.79 Å². The summed E-state index contributed by atoms with van der Waals surface area (Å²) in [4.78, 5) is 12.2. The summed E-state index contributed by atoms with van der Waals surface area (Å²) in [5, 5.41) is 4.94. The van der Waals surface area contributed by atoms with Gasteiger partial charge in [-0.05, 0) is 42.0 Å². The summed E-state index contributed by atoms with van der Waals surface area (Å²) in [6.07, 6.45) is 1.48. The summed E-state index contributed by atoms with van der Waals surface area (Å²) in [6.45, 7) is 0.241. The van der Waals surface area contributed by atoms with Crippen molar-refractivity contribution in [3.05, 3.63) is 87.4 Å². The molecule has 3 aromatic carbocycles. The lowest BCUT2D eigenvalue weighted by Gasteiger charge is -2.13. The van der Waals surface area contributed by atoms with Crippen LogP contribution in [0.2, 0.25) is 10.0 Å². The van der Waals surface area contributed by atoms with Gasteiger partial charge in [0.25, 0.3) is 5.91 Å². The zero-order valence-corrected chi connectivity index (χ0v) is 17.6. The van der Waals surface area contributed by atoms with Crippen LogP contribution in [0.3, 0.4) is 0 Å². The number of methoxy groups -OCH3 is 1. The average molecular weight is 444 g/mol. The number of hydrogen-bond acceptors (Lipinski definition) is 5. The fraction of sp³-hybridized carbons (Fsp3) is 0.0909. The first kappa shape index (κ1) is 21.5. The number of hydrogen-bond donors (Lipinski definition) is 2. The molecule has 8 heteroatoms. The van der Waals surface area contributed by atoms with Crippen LogP contribution in [-0.2, 0) is 6.61 Å². The molecule has 0 atom stereocenters. The monoisotopic (exact) mass is 443 g/mol. The number of hydrazone groups is 1. The Morgan fingerprint density at radius 1 is 1.10 bits per heavy atom. The van der Waals surface area contributed by atoms with E-state index in [1.807, 2.05) is 6.07 Å². The SMILES string of the molecule is COc1cccc(/C=N/NC(=O)c2ccccc2N)c1OCc1ccc(Cl)c(Cl)c1. The molecule has 1 amide bonds. The molecule has 0 saturated heterocycles. The molecule has 3 aromatic rings. The van der Waals surface area contributed by atoms with Crippen LogP contribution in [-0.4, -0.2) is 19.2 Å². The predicted molar refractivity (Wildman–Crippen MR) is 120 cm³/mol. The van der Waals surface area contributed by atoms with Gasteiger partial charge in [-0.1, -0.05) is 47.5 Å². The van der Waals surface area contributed by atoms with Crippen LogP contribution in [0.4, 0.5) is 5.69 Å². The van der Waals surface area contributed by atoms with E-state index in [0.717, 1.165) is 5.56 Å². The minimum Gasteiger partial charge on any atom is -0.493 e. The largest absolute Gasteiger partial charge is 0.493 e. The molecular weight excluding hydrogens is 425 g/mol. The Morgan fingerprint density at radius 2 is 1.90 bits per heavy atom. The number of ether oxygens (including phenoxy) is 2. The van der Waals surface area contributed by atoms with Crippen LogP contribution in [0, 0.1) is 0 Å². The van der Waals surface area contributed by atoms with Crippen molar-refractivity contribution in [1.29, 1.82) is 0 Å². The van der Waals surface area contributed by atoms with E-state index in [-0.39, 0.29) is 6.61 Å². The van der Waals surface area contributed by atoms with Gasteiger partial charge < -0.3 is 15.2 Å². The maximum absolute atomic E-state index is 12.2. The molecule has 0 fully saturated rings. The Balaban J connectivity index is 1.76. The van der Waals surface area contributed by atoms with Gasteiger partial charge in [-0.3, -0.25) is 4.79 Å². The van der Waals surface area contributed by atoms with E-state index in [1.54, 1.807) is 61.7 Å². The Bertz CT molecular complexity index is 1090. The molecule has 0 aliphatic rings. The van der Waals surface area contributed by atoms with Crippen molar-refractivity contribution < 1.29 is 14.3 Å². The van der Waals surface area contributed by atoms with Crippen molar-refractivity contribution in [3.8, 4) is 11.5 Å². The molecule has 3 rings (SSSR count). The average Bonchev–Trinajstić information content (AvgIpc) is 2.75. The molecule has 0 saturated carbocycles. The predicted octanol–water partition coefficient (Wildman–Crippen LogP) is 4.93. The van der Waals surface area contributed by atoms with Gasteiger partial charge in [-0.2, -0.15) is 5.10 Å². The highest BCUT2D eigenvalue weighted by atomic mass is 35.5. The molecule has 0 aliphatic carbocycles. The normalized spacial score (nSPS) is 10.8. The molecule has 0 spiro atoms. The van der Waals surface area contributed by atoms with Crippen molar-refractivity contribution in [2.24, 2.45) is 5.10 Å². The molecule has 0 unspecified atom stereocenters. The number of halogens is 2. The number of benzene rings is 3. The van der Waals surface area contributed by atoms with Gasteiger partial charge in [-0.15, -0.1) is 0 Å². The van der Waals surface area contributed by atoms with E-state index in [1.165, 1.54) is 6.21 Å². The van der Waals surface area contributed by atoms with E-state index < -0.39 is 5.91 Å². The van der Waals surface area contributed by atoms with Gasteiger partial charge in [0.05, 0.1) is 28.9 Å². The minimum absolute atomic E-state index is 0.241. The van der Waals surface area contributed by atoms with Crippen molar-refractivity contribution in [1.82, 2.24) is 5.43 Å². The highest BCUT2D eigenvalue weighted by Crippen LogP contribution is 2.31. The molecule has 154 valence electrons. The van der Waals surface area contributed by atoms with Gasteiger partial charge >= 0.3 is 0 Å². The lowest BCUT2D eigenvalue weighted by Crippen LogP contribution is -2.19. The third-order valence-electron chi connectivity index (χ3n) is 4.17. The Hall–Kier alpha value is -3.22. The van der Waals surface area contributed by atoms with Crippen LogP contribution in [0.5, 0.6) is 11.5 Å². The summed E-state index contributed by atoms with van der Waals surface area (Å²) < 4.78 is 11.3. The number of nitrogen functional groups attached to an aromatic ring is 1. The first-order valence-electron chi connectivity index (χ1n) is 8.91. The van der Waals surface area contributed by atoms with Gasteiger partial charge in [0.15, 0.2) is 11.5 Å². The van der Waals surface area contributed by atoms with Crippen LogP contribution in [0.15, 0.2) is 65.8 Å². The van der Waals surface area contributed by atoms with Crippen molar-refractivity contribution in [2.45, 2.75) is 6.61 Å². The molecule has 0 aromatic heterocycles.